The highest BCUT2D eigenvalue weighted by atomic mass is 16.7. The van der Waals surface area contributed by atoms with Gasteiger partial charge in [-0.15, -0.1) is 0 Å². The Morgan fingerprint density at radius 2 is 1.62 bits per heavy atom. The molecule has 2 saturated heterocycles. The van der Waals surface area contributed by atoms with Gasteiger partial charge >= 0.3 is 5.97 Å². The number of morpholine rings is 1. The second kappa shape index (κ2) is 11.4. The molecule has 1 N–H and O–H groups in total. The van der Waals surface area contributed by atoms with E-state index in [9.17, 15) is 9.90 Å². The number of nitrogens with zero attached hydrogens (tertiary/aromatic N) is 1. The van der Waals surface area contributed by atoms with Crippen LogP contribution in [0, 0.1) is 50.7 Å². The molecule has 0 radical (unpaired) electrons. The first-order chi connectivity index (χ1) is 22.6. The fraction of sp³-hybridized carbons (Fsp3) is 0.976. The lowest BCUT2D eigenvalue weighted by Gasteiger charge is -2.63. The highest BCUT2D eigenvalue weighted by molar-refractivity contribution is 5.66. The molecule has 2 aliphatic heterocycles. The van der Waals surface area contributed by atoms with E-state index in [0.29, 0.717) is 22.7 Å². The van der Waals surface area contributed by atoms with Crippen LogP contribution in [0.1, 0.15) is 139 Å². The SMILES string of the molecule is CC(=O)OC(C1CCC2C(CC3(C)C4CCC5C(C)(C)C(OC6CN(C7CCCC7)CCO6)CCC56C(C)C46CCC23C)O1)C(C)(C)O. The van der Waals surface area contributed by atoms with Gasteiger partial charge in [0.15, 0.2) is 12.4 Å². The molecule has 7 nitrogen and oxygen atoms in total. The van der Waals surface area contributed by atoms with Crippen molar-refractivity contribution in [1.29, 1.82) is 0 Å². The summed E-state index contributed by atoms with van der Waals surface area (Å²) in [5.41, 5.74) is 0.304. The molecule has 8 rings (SSSR count). The molecule has 0 bridgehead atoms. The minimum Gasteiger partial charge on any atom is -0.457 e. The number of carbonyl (C=O) groups is 1. The van der Waals surface area contributed by atoms with Crippen LogP contribution in [0.15, 0.2) is 0 Å². The van der Waals surface area contributed by atoms with Crippen molar-refractivity contribution in [2.75, 3.05) is 19.7 Å². The molecule has 8 aliphatic rings. The molecule has 13 unspecified atom stereocenters. The van der Waals surface area contributed by atoms with Crippen LogP contribution in [0.4, 0.5) is 0 Å². The van der Waals surface area contributed by atoms with Gasteiger partial charge in [0.05, 0.1) is 30.5 Å². The summed E-state index contributed by atoms with van der Waals surface area (Å²) in [6.45, 7) is 20.7. The van der Waals surface area contributed by atoms with Gasteiger partial charge in [0, 0.05) is 26.1 Å². The van der Waals surface area contributed by atoms with Crippen molar-refractivity contribution in [1.82, 2.24) is 4.90 Å². The van der Waals surface area contributed by atoms with Gasteiger partial charge in [0.25, 0.3) is 0 Å². The summed E-state index contributed by atoms with van der Waals surface area (Å²) in [4.78, 5) is 14.7. The van der Waals surface area contributed by atoms with Crippen molar-refractivity contribution in [2.24, 2.45) is 50.7 Å². The fourth-order valence-corrected chi connectivity index (χ4v) is 15.3. The quantitative estimate of drug-likeness (QED) is 0.293. The fourth-order valence-electron chi connectivity index (χ4n) is 15.3. The lowest BCUT2D eigenvalue weighted by atomic mass is 9.42. The highest BCUT2D eigenvalue weighted by Gasteiger charge is 2.86. The summed E-state index contributed by atoms with van der Waals surface area (Å²) in [7, 11) is 0. The van der Waals surface area contributed by atoms with E-state index in [0.717, 1.165) is 63.3 Å². The Bertz CT molecular complexity index is 1260. The Morgan fingerprint density at radius 3 is 2.33 bits per heavy atom. The van der Waals surface area contributed by atoms with Gasteiger partial charge in [0.1, 0.15) is 0 Å². The molecule has 8 fully saturated rings. The topological polar surface area (TPSA) is 77.5 Å². The van der Waals surface area contributed by atoms with Gasteiger partial charge in [-0.3, -0.25) is 9.69 Å². The van der Waals surface area contributed by atoms with E-state index in [2.05, 4.69) is 39.5 Å². The number of aliphatic hydroxyl groups is 1. The molecule has 0 aromatic rings. The second-order valence-electron chi connectivity index (χ2n) is 19.8. The van der Waals surface area contributed by atoms with Crippen molar-refractivity contribution in [3.63, 3.8) is 0 Å². The maximum Gasteiger partial charge on any atom is 0.303 e. The van der Waals surface area contributed by atoms with Crippen LogP contribution in [-0.4, -0.2) is 78.0 Å². The number of hydrogen-bond acceptors (Lipinski definition) is 7. The van der Waals surface area contributed by atoms with Gasteiger partial charge in [0.2, 0.25) is 0 Å². The first-order valence-corrected chi connectivity index (χ1v) is 20.2. The van der Waals surface area contributed by atoms with E-state index in [1.54, 1.807) is 13.8 Å². The third-order valence-corrected chi connectivity index (χ3v) is 17.6. The first kappa shape index (κ1) is 34.4. The summed E-state index contributed by atoms with van der Waals surface area (Å²) in [5.74, 6) is 2.35. The van der Waals surface area contributed by atoms with Gasteiger partial charge < -0.3 is 24.1 Å². The van der Waals surface area contributed by atoms with Gasteiger partial charge in [-0.05, 0) is 135 Å². The summed E-state index contributed by atoms with van der Waals surface area (Å²) < 4.78 is 26.0. The number of esters is 1. The Labute approximate surface area is 290 Å². The zero-order chi connectivity index (χ0) is 34.1. The lowest BCUT2D eigenvalue weighted by Crippen LogP contribution is -2.58. The number of hydrogen-bond donors (Lipinski definition) is 1. The number of fused-ring (bicyclic) bond motifs is 4. The van der Waals surface area contributed by atoms with Crippen LogP contribution in [0.3, 0.4) is 0 Å². The predicted molar refractivity (Wildman–Crippen MR) is 185 cm³/mol. The minimum absolute atomic E-state index is 0.0867. The molecule has 48 heavy (non-hydrogen) atoms. The summed E-state index contributed by atoms with van der Waals surface area (Å²) >= 11 is 0. The normalized spacial score (nSPS) is 50.8. The average molecular weight is 670 g/mol. The van der Waals surface area contributed by atoms with Crippen LogP contribution < -0.4 is 0 Å². The maximum atomic E-state index is 12.0. The number of rotatable bonds is 6. The molecule has 0 aromatic heterocycles. The maximum absolute atomic E-state index is 12.0. The molecule has 6 aliphatic carbocycles. The second-order valence-corrected chi connectivity index (χ2v) is 19.8. The molecule has 13 atom stereocenters. The summed E-state index contributed by atoms with van der Waals surface area (Å²) in [6, 6.07) is 0.732. The van der Waals surface area contributed by atoms with Crippen LogP contribution in [0.2, 0.25) is 0 Å². The number of carbonyl (C=O) groups excluding carboxylic acids is 1. The van der Waals surface area contributed by atoms with Crippen molar-refractivity contribution in [3.8, 4) is 0 Å². The van der Waals surface area contributed by atoms with E-state index in [1.165, 1.54) is 64.7 Å². The smallest absolute Gasteiger partial charge is 0.303 e. The zero-order valence-electron chi connectivity index (χ0n) is 31.5. The van der Waals surface area contributed by atoms with Gasteiger partial charge in [-0.1, -0.05) is 47.5 Å². The average Bonchev–Trinajstić information content (AvgIpc) is 3.36. The lowest BCUT2D eigenvalue weighted by molar-refractivity contribution is -0.249. The van der Waals surface area contributed by atoms with Crippen LogP contribution in [-0.2, 0) is 23.7 Å². The van der Waals surface area contributed by atoms with Gasteiger partial charge in [-0.2, -0.15) is 0 Å². The summed E-state index contributed by atoms with van der Waals surface area (Å²) in [6.07, 6.45) is 15.6. The molecule has 6 saturated carbocycles. The van der Waals surface area contributed by atoms with E-state index < -0.39 is 11.7 Å². The Kier molecular flexibility index (Phi) is 8.15. The van der Waals surface area contributed by atoms with Crippen molar-refractivity contribution in [3.05, 3.63) is 0 Å². The Morgan fingerprint density at radius 1 is 0.917 bits per heavy atom. The molecular formula is C41H67NO6. The van der Waals surface area contributed by atoms with E-state index in [4.69, 9.17) is 18.9 Å². The molecule has 7 heteroatoms. The number of ether oxygens (including phenoxy) is 4. The van der Waals surface area contributed by atoms with Crippen molar-refractivity contribution < 1.29 is 28.8 Å². The zero-order valence-corrected chi connectivity index (χ0v) is 31.5. The highest BCUT2D eigenvalue weighted by Crippen LogP contribution is 2.91. The third-order valence-electron chi connectivity index (χ3n) is 17.6. The largest absolute Gasteiger partial charge is 0.457 e. The molecule has 2 heterocycles. The predicted octanol–water partition coefficient (Wildman–Crippen LogP) is 7.52. The van der Waals surface area contributed by atoms with Crippen molar-refractivity contribution >= 4 is 5.97 Å². The monoisotopic (exact) mass is 669 g/mol. The van der Waals surface area contributed by atoms with Crippen LogP contribution >= 0.6 is 0 Å². The van der Waals surface area contributed by atoms with Crippen LogP contribution in [0.25, 0.3) is 0 Å². The standard InChI is InChI=1S/C41H67NO6/c1-25-40-18-17-33(48-34-24-42(21-22-45-34)27-11-9-10-12-27)36(3,4)31(40)15-16-32-39(8)23-30-28(38(39,7)19-20-41(25,32)40)13-14-29(47-30)35(37(5,6)44)46-26(2)43/h25,27-35,44H,9-24H2,1-8H3. The Balaban J connectivity index is 1.01. The van der Waals surface area contributed by atoms with E-state index in [1.807, 2.05) is 0 Å². The summed E-state index contributed by atoms with van der Waals surface area (Å²) in [5, 5.41) is 11.0. The van der Waals surface area contributed by atoms with Gasteiger partial charge in [-0.25, -0.2) is 0 Å². The van der Waals surface area contributed by atoms with Crippen LogP contribution in [0.5, 0.6) is 0 Å². The molecular weight excluding hydrogens is 602 g/mol. The first-order valence-electron chi connectivity index (χ1n) is 20.2. The minimum atomic E-state index is -1.14. The van der Waals surface area contributed by atoms with E-state index >= 15 is 0 Å². The molecule has 2 spiro atoms. The van der Waals surface area contributed by atoms with E-state index in [-0.39, 0.29) is 46.8 Å². The molecule has 0 amide bonds. The van der Waals surface area contributed by atoms with Crippen molar-refractivity contribution in [2.45, 2.75) is 181 Å². The Hall–Kier alpha value is -0.730. The third kappa shape index (κ3) is 4.64. The molecule has 272 valence electrons. The molecule has 0 aromatic carbocycles.